The first kappa shape index (κ1) is 25.5. The van der Waals surface area contributed by atoms with E-state index in [0.717, 1.165) is 54.0 Å². The summed E-state index contributed by atoms with van der Waals surface area (Å²) in [6, 6.07) is 16.4. The second-order valence-corrected chi connectivity index (χ2v) is 10.9. The summed E-state index contributed by atoms with van der Waals surface area (Å²) < 4.78 is 5.99. The Labute approximate surface area is 222 Å². The molecule has 7 heteroatoms. The summed E-state index contributed by atoms with van der Waals surface area (Å²) in [5, 5.41) is 21.9. The molecule has 1 aromatic heterocycles. The topological polar surface area (TPSA) is 82.9 Å². The van der Waals surface area contributed by atoms with Crippen LogP contribution < -0.4 is 4.74 Å². The predicted octanol–water partition coefficient (Wildman–Crippen LogP) is 5.77. The Bertz CT molecular complexity index is 1350. The number of carboxylic acid groups (broad SMARTS) is 1. The number of hydrogen-bond donors (Lipinski definition) is 2. The number of likely N-dealkylation sites (tertiary alicyclic amines) is 1. The van der Waals surface area contributed by atoms with E-state index in [4.69, 9.17) is 16.3 Å². The van der Waals surface area contributed by atoms with E-state index in [1.165, 1.54) is 0 Å². The van der Waals surface area contributed by atoms with E-state index in [1.54, 1.807) is 24.4 Å². The van der Waals surface area contributed by atoms with E-state index >= 15 is 0 Å². The first-order valence-corrected chi connectivity index (χ1v) is 12.9. The molecule has 6 nitrogen and oxygen atoms in total. The molecule has 37 heavy (non-hydrogen) atoms. The van der Waals surface area contributed by atoms with Gasteiger partial charge < -0.3 is 19.8 Å². The molecule has 2 N–H and O–H groups in total. The third kappa shape index (κ3) is 4.89. The lowest BCUT2D eigenvalue weighted by atomic mass is 9.66. The minimum atomic E-state index is -0.971. The zero-order valence-electron chi connectivity index (χ0n) is 21.1. The van der Waals surface area contributed by atoms with Crippen molar-refractivity contribution >= 4 is 23.1 Å². The Hall–Kier alpha value is -3.19. The number of benzene rings is 2. The molecule has 2 aliphatic rings. The number of fused-ring (bicyclic) bond motifs is 2. The van der Waals surface area contributed by atoms with E-state index in [2.05, 4.69) is 29.8 Å². The van der Waals surface area contributed by atoms with Gasteiger partial charge in [0.2, 0.25) is 0 Å². The minimum absolute atomic E-state index is 0.222. The van der Waals surface area contributed by atoms with Crippen LogP contribution in [0, 0.1) is 5.41 Å². The number of nitrogens with zero attached hydrogens (tertiary/aromatic N) is 2. The third-order valence-electron chi connectivity index (χ3n) is 7.71. The van der Waals surface area contributed by atoms with Gasteiger partial charge in [0.05, 0.1) is 16.9 Å². The number of hydrogen-bond acceptors (Lipinski definition) is 5. The number of carboxylic acids is 1. The molecule has 0 spiro atoms. The van der Waals surface area contributed by atoms with Crippen LogP contribution in [0.1, 0.15) is 59.4 Å². The fourth-order valence-corrected chi connectivity index (χ4v) is 5.70. The van der Waals surface area contributed by atoms with Crippen LogP contribution >= 0.6 is 11.6 Å². The first-order chi connectivity index (χ1) is 17.7. The lowest BCUT2D eigenvalue weighted by molar-refractivity contribution is -0.125. The highest BCUT2D eigenvalue weighted by Gasteiger charge is 2.48. The van der Waals surface area contributed by atoms with Crippen LogP contribution in [0.15, 0.2) is 66.9 Å². The molecule has 0 unspecified atom stereocenters. The normalized spacial score (nSPS) is 22.0. The standard InChI is InChI=1S/C30H31ClN2O4/c1-29(2)19-33(16-13-30(29,36)21-8-10-22(31)11-9-21)15-4-6-23-24-5-3-14-32-26(24)18-37-27-12-7-20(28(34)35)17-25(23)27/h3,5-12,14,17,36H,4,13,15-16,18-19H2,1-2H3,(H,34,35)/b23-6+/t30-/m0/s1. The Kier molecular flexibility index (Phi) is 6.84. The average molecular weight is 519 g/mol. The smallest absolute Gasteiger partial charge is 0.335 e. The van der Waals surface area contributed by atoms with Gasteiger partial charge in [0.25, 0.3) is 0 Å². The van der Waals surface area contributed by atoms with Gasteiger partial charge in [0.1, 0.15) is 12.4 Å². The third-order valence-corrected chi connectivity index (χ3v) is 7.96. The predicted molar refractivity (Wildman–Crippen MR) is 144 cm³/mol. The Morgan fingerprint density at radius 2 is 1.95 bits per heavy atom. The van der Waals surface area contributed by atoms with Crippen molar-refractivity contribution in [3.8, 4) is 5.75 Å². The number of pyridine rings is 1. The van der Waals surface area contributed by atoms with Gasteiger partial charge >= 0.3 is 5.97 Å². The largest absolute Gasteiger partial charge is 0.487 e. The zero-order valence-corrected chi connectivity index (χ0v) is 21.8. The van der Waals surface area contributed by atoms with E-state index in [1.807, 2.05) is 36.4 Å². The highest BCUT2D eigenvalue weighted by molar-refractivity contribution is 6.30. The summed E-state index contributed by atoms with van der Waals surface area (Å²) in [6.45, 7) is 6.88. The summed E-state index contributed by atoms with van der Waals surface area (Å²) in [6.07, 6.45) is 5.29. The summed E-state index contributed by atoms with van der Waals surface area (Å²) in [7, 11) is 0. The monoisotopic (exact) mass is 518 g/mol. The number of carbonyl (C=O) groups is 1. The second-order valence-electron chi connectivity index (χ2n) is 10.5. The highest BCUT2D eigenvalue weighted by atomic mass is 35.5. The molecular weight excluding hydrogens is 488 g/mol. The Morgan fingerprint density at radius 1 is 1.16 bits per heavy atom. The maximum absolute atomic E-state index is 11.7. The van der Waals surface area contributed by atoms with Crippen LogP contribution in [0.2, 0.25) is 5.02 Å². The van der Waals surface area contributed by atoms with Crippen molar-refractivity contribution in [2.75, 3.05) is 19.6 Å². The van der Waals surface area contributed by atoms with Gasteiger partial charge in [-0.05, 0) is 60.4 Å². The van der Waals surface area contributed by atoms with Crippen molar-refractivity contribution in [3.05, 3.63) is 99.8 Å². The zero-order chi connectivity index (χ0) is 26.2. The van der Waals surface area contributed by atoms with E-state index < -0.39 is 11.6 Å². The van der Waals surface area contributed by atoms with E-state index in [0.29, 0.717) is 23.8 Å². The molecule has 0 radical (unpaired) electrons. The van der Waals surface area contributed by atoms with Gasteiger partial charge in [-0.15, -0.1) is 0 Å². The first-order valence-electron chi connectivity index (χ1n) is 12.5. The fourth-order valence-electron chi connectivity index (χ4n) is 5.58. The van der Waals surface area contributed by atoms with Gasteiger partial charge in [0.15, 0.2) is 0 Å². The number of halogens is 1. The minimum Gasteiger partial charge on any atom is -0.487 e. The second kappa shape index (κ2) is 9.93. The van der Waals surface area contributed by atoms with Crippen LogP contribution in [-0.2, 0) is 12.2 Å². The van der Waals surface area contributed by atoms with Gasteiger partial charge in [0, 0.05) is 47.4 Å². The SMILES string of the molecule is CC1(C)CN(CC/C=C2/c3cc(C(=O)O)ccc3OCc3ncccc32)CC[C@]1(O)c1ccc(Cl)cc1. The fraction of sp³-hybridized carbons (Fsp3) is 0.333. The van der Waals surface area contributed by atoms with Gasteiger partial charge in [-0.3, -0.25) is 4.98 Å². The van der Waals surface area contributed by atoms with Crippen molar-refractivity contribution in [1.29, 1.82) is 0 Å². The van der Waals surface area contributed by atoms with Crippen molar-refractivity contribution in [1.82, 2.24) is 9.88 Å². The maximum Gasteiger partial charge on any atom is 0.335 e. The average Bonchev–Trinajstić information content (AvgIpc) is 3.03. The molecule has 0 saturated carbocycles. The van der Waals surface area contributed by atoms with Crippen LogP contribution in [-0.4, -0.2) is 45.7 Å². The lowest BCUT2D eigenvalue weighted by Crippen LogP contribution is -2.55. The lowest BCUT2D eigenvalue weighted by Gasteiger charge is -2.50. The van der Waals surface area contributed by atoms with E-state index in [-0.39, 0.29) is 11.0 Å². The number of piperidine rings is 1. The van der Waals surface area contributed by atoms with Crippen LogP contribution in [0.3, 0.4) is 0 Å². The molecule has 0 bridgehead atoms. The summed E-state index contributed by atoms with van der Waals surface area (Å²) in [5.41, 5.74) is 3.32. The molecule has 3 aromatic rings. The Balaban J connectivity index is 1.38. The molecule has 5 rings (SSSR count). The highest BCUT2D eigenvalue weighted by Crippen LogP contribution is 2.46. The molecule has 2 aliphatic heterocycles. The molecule has 192 valence electrons. The number of aromatic nitrogens is 1. The van der Waals surface area contributed by atoms with Gasteiger partial charge in [-0.25, -0.2) is 4.79 Å². The van der Waals surface area contributed by atoms with E-state index in [9.17, 15) is 15.0 Å². The van der Waals surface area contributed by atoms with Crippen molar-refractivity contribution in [2.45, 2.75) is 38.9 Å². The van der Waals surface area contributed by atoms with Crippen molar-refractivity contribution < 1.29 is 19.7 Å². The number of aliphatic hydroxyl groups is 1. The summed E-state index contributed by atoms with van der Waals surface area (Å²) in [5.74, 6) is -0.317. The van der Waals surface area contributed by atoms with Crippen LogP contribution in [0.4, 0.5) is 0 Å². The van der Waals surface area contributed by atoms with Gasteiger partial charge in [-0.1, -0.05) is 49.7 Å². The van der Waals surface area contributed by atoms with Crippen LogP contribution in [0.25, 0.3) is 5.57 Å². The number of rotatable bonds is 5. The number of ether oxygens (including phenoxy) is 1. The molecule has 0 aliphatic carbocycles. The molecule has 3 heterocycles. The Morgan fingerprint density at radius 3 is 2.68 bits per heavy atom. The molecule has 0 amide bonds. The molecule has 1 atom stereocenters. The molecule has 1 saturated heterocycles. The molecule has 1 fully saturated rings. The molecule has 2 aromatic carbocycles. The van der Waals surface area contributed by atoms with Crippen molar-refractivity contribution in [2.24, 2.45) is 5.41 Å². The van der Waals surface area contributed by atoms with Crippen LogP contribution in [0.5, 0.6) is 5.75 Å². The summed E-state index contributed by atoms with van der Waals surface area (Å²) >= 11 is 6.07. The summed E-state index contributed by atoms with van der Waals surface area (Å²) in [4.78, 5) is 18.6. The van der Waals surface area contributed by atoms with Gasteiger partial charge in [-0.2, -0.15) is 0 Å². The van der Waals surface area contributed by atoms with Crippen molar-refractivity contribution in [3.63, 3.8) is 0 Å². The molecular formula is C30H31ClN2O4. The maximum atomic E-state index is 11.7. The quantitative estimate of drug-likeness (QED) is 0.446. The number of aromatic carboxylic acids is 1.